The molecule has 1 rings (SSSR count). The Morgan fingerprint density at radius 2 is 1.62 bits per heavy atom. The van der Waals surface area contributed by atoms with Gasteiger partial charge in [0.25, 0.3) is 0 Å². The highest BCUT2D eigenvalue weighted by Crippen LogP contribution is 2.22. The molecule has 0 aliphatic carbocycles. The van der Waals surface area contributed by atoms with E-state index in [9.17, 15) is 0 Å². The van der Waals surface area contributed by atoms with Gasteiger partial charge in [0.15, 0.2) is 0 Å². The van der Waals surface area contributed by atoms with Gasteiger partial charge in [-0.1, -0.05) is 0 Å². The maximum absolute atomic E-state index is 5.93. The number of ether oxygens (including phenoxy) is 4. The zero-order valence-corrected chi connectivity index (χ0v) is 13.7. The van der Waals surface area contributed by atoms with Gasteiger partial charge in [-0.25, -0.2) is 4.98 Å². The van der Waals surface area contributed by atoms with Crippen molar-refractivity contribution >= 4 is 11.6 Å². The van der Waals surface area contributed by atoms with Crippen molar-refractivity contribution in [2.45, 2.75) is 19.7 Å². The Morgan fingerprint density at radius 1 is 1.00 bits per heavy atom. The molecule has 0 unspecified atom stereocenters. The number of aromatic nitrogens is 1. The van der Waals surface area contributed by atoms with Crippen molar-refractivity contribution in [1.29, 1.82) is 0 Å². The van der Waals surface area contributed by atoms with Crippen LogP contribution in [0.4, 0.5) is 0 Å². The Balaban J connectivity index is 2.21. The van der Waals surface area contributed by atoms with Gasteiger partial charge in [0.2, 0.25) is 5.88 Å². The van der Waals surface area contributed by atoms with Crippen molar-refractivity contribution in [1.82, 2.24) is 4.98 Å². The fraction of sp³-hybridized carbons (Fsp3) is 0.667. The van der Waals surface area contributed by atoms with Crippen LogP contribution in [-0.2, 0) is 20.1 Å². The summed E-state index contributed by atoms with van der Waals surface area (Å²) < 4.78 is 21.2. The zero-order valence-electron chi connectivity index (χ0n) is 13.0. The third-order valence-corrected chi connectivity index (χ3v) is 3.11. The number of methoxy groups -OCH3 is 1. The smallest absolute Gasteiger partial charge is 0.218 e. The number of pyridine rings is 1. The van der Waals surface area contributed by atoms with E-state index >= 15 is 0 Å². The highest BCUT2D eigenvalue weighted by Gasteiger charge is 2.09. The number of alkyl halides is 1. The number of aryl methyl sites for hydroxylation is 2. The van der Waals surface area contributed by atoms with Crippen LogP contribution < -0.4 is 4.74 Å². The predicted molar refractivity (Wildman–Crippen MR) is 82.3 cm³/mol. The number of nitrogens with zero attached hydrogens (tertiary/aromatic N) is 1. The van der Waals surface area contributed by atoms with E-state index in [1.165, 1.54) is 0 Å². The van der Waals surface area contributed by atoms with E-state index in [0.717, 1.165) is 16.8 Å². The van der Waals surface area contributed by atoms with Crippen molar-refractivity contribution in [3.05, 3.63) is 22.9 Å². The van der Waals surface area contributed by atoms with Gasteiger partial charge in [0.1, 0.15) is 6.61 Å². The first-order chi connectivity index (χ1) is 10.2. The zero-order chi connectivity index (χ0) is 15.5. The summed E-state index contributed by atoms with van der Waals surface area (Å²) in [7, 11) is 1.65. The van der Waals surface area contributed by atoms with Gasteiger partial charge in [-0.3, -0.25) is 0 Å². The van der Waals surface area contributed by atoms with Crippen LogP contribution >= 0.6 is 11.6 Å². The molecule has 1 heterocycles. The highest BCUT2D eigenvalue weighted by molar-refractivity contribution is 6.17. The van der Waals surface area contributed by atoms with Crippen LogP contribution in [0, 0.1) is 13.8 Å². The van der Waals surface area contributed by atoms with E-state index in [0.29, 0.717) is 51.4 Å². The van der Waals surface area contributed by atoms with Crippen LogP contribution in [0.5, 0.6) is 5.88 Å². The van der Waals surface area contributed by atoms with Crippen LogP contribution in [-0.4, -0.2) is 51.7 Å². The van der Waals surface area contributed by atoms with E-state index < -0.39 is 0 Å². The lowest BCUT2D eigenvalue weighted by Gasteiger charge is -2.12. The standard InChI is InChI=1S/C15H24ClNO4/c1-12-10-13(2)17-15(14(12)11-16)21-9-8-20-7-6-19-5-4-18-3/h10H,4-9,11H2,1-3H3. The fourth-order valence-electron chi connectivity index (χ4n) is 1.77. The first kappa shape index (κ1) is 18.2. The molecule has 0 atom stereocenters. The molecule has 1 aromatic heterocycles. The highest BCUT2D eigenvalue weighted by atomic mass is 35.5. The van der Waals surface area contributed by atoms with Crippen molar-refractivity contribution in [3.8, 4) is 5.88 Å². The van der Waals surface area contributed by atoms with Gasteiger partial charge in [-0.05, 0) is 25.5 Å². The molecule has 21 heavy (non-hydrogen) atoms. The molecular formula is C15H24ClNO4. The average Bonchev–Trinajstić information content (AvgIpc) is 2.45. The molecule has 0 spiro atoms. The summed E-state index contributed by atoms with van der Waals surface area (Å²) in [4.78, 5) is 4.37. The number of halogens is 1. The molecule has 0 aliphatic heterocycles. The molecule has 0 aromatic carbocycles. The van der Waals surface area contributed by atoms with Crippen molar-refractivity contribution < 1.29 is 18.9 Å². The summed E-state index contributed by atoms with van der Waals surface area (Å²) in [6.45, 7) is 7.15. The molecule has 0 N–H and O–H groups in total. The topological polar surface area (TPSA) is 49.8 Å². The Hall–Kier alpha value is -0.880. The normalized spacial score (nSPS) is 10.9. The molecular weight excluding hydrogens is 294 g/mol. The van der Waals surface area contributed by atoms with Gasteiger partial charge in [-0.2, -0.15) is 0 Å². The van der Waals surface area contributed by atoms with Crippen LogP contribution in [0.15, 0.2) is 6.07 Å². The van der Waals surface area contributed by atoms with Crippen molar-refractivity contribution in [2.75, 3.05) is 46.8 Å². The van der Waals surface area contributed by atoms with Crippen LogP contribution in [0.1, 0.15) is 16.8 Å². The lowest BCUT2D eigenvalue weighted by Crippen LogP contribution is -2.13. The molecule has 0 amide bonds. The molecule has 0 saturated carbocycles. The summed E-state index contributed by atoms with van der Waals surface area (Å²) in [6, 6.07) is 2.00. The van der Waals surface area contributed by atoms with Gasteiger partial charge in [0, 0.05) is 18.4 Å². The van der Waals surface area contributed by atoms with Crippen molar-refractivity contribution in [3.63, 3.8) is 0 Å². The Bertz CT molecular complexity index is 415. The number of hydrogen-bond donors (Lipinski definition) is 0. The Morgan fingerprint density at radius 3 is 2.24 bits per heavy atom. The summed E-state index contributed by atoms with van der Waals surface area (Å²) >= 11 is 5.93. The largest absolute Gasteiger partial charge is 0.475 e. The second kappa shape index (κ2) is 10.8. The SMILES string of the molecule is COCCOCCOCCOc1nc(C)cc(C)c1CCl. The minimum Gasteiger partial charge on any atom is -0.475 e. The molecule has 0 radical (unpaired) electrons. The second-order valence-corrected chi connectivity index (χ2v) is 4.83. The van der Waals surface area contributed by atoms with E-state index in [4.69, 9.17) is 30.5 Å². The van der Waals surface area contributed by atoms with Gasteiger partial charge in [0.05, 0.1) is 38.9 Å². The second-order valence-electron chi connectivity index (χ2n) is 4.56. The molecule has 0 fully saturated rings. The monoisotopic (exact) mass is 317 g/mol. The number of rotatable bonds is 11. The van der Waals surface area contributed by atoms with Crippen LogP contribution in [0.25, 0.3) is 0 Å². The molecule has 5 nitrogen and oxygen atoms in total. The molecule has 6 heteroatoms. The summed E-state index contributed by atoms with van der Waals surface area (Å²) in [5, 5.41) is 0. The van der Waals surface area contributed by atoms with Crippen LogP contribution in [0.2, 0.25) is 0 Å². The minimum absolute atomic E-state index is 0.392. The van der Waals surface area contributed by atoms with E-state index in [1.54, 1.807) is 7.11 Å². The first-order valence-electron chi connectivity index (χ1n) is 6.99. The summed E-state index contributed by atoms with van der Waals surface area (Å²) in [5.41, 5.74) is 2.95. The fourth-order valence-corrected chi connectivity index (χ4v) is 2.10. The van der Waals surface area contributed by atoms with Crippen LogP contribution in [0.3, 0.4) is 0 Å². The average molecular weight is 318 g/mol. The van der Waals surface area contributed by atoms with E-state index in [2.05, 4.69) is 4.98 Å². The summed E-state index contributed by atoms with van der Waals surface area (Å²) in [6.07, 6.45) is 0. The predicted octanol–water partition coefficient (Wildman–Crippen LogP) is 2.50. The Kier molecular flexibility index (Phi) is 9.34. The van der Waals surface area contributed by atoms with Gasteiger partial charge >= 0.3 is 0 Å². The Labute approximate surface area is 131 Å². The third kappa shape index (κ3) is 7.09. The maximum atomic E-state index is 5.93. The summed E-state index contributed by atoms with van der Waals surface area (Å²) in [5.74, 6) is 0.991. The molecule has 120 valence electrons. The maximum Gasteiger partial charge on any atom is 0.218 e. The third-order valence-electron chi connectivity index (χ3n) is 2.84. The van der Waals surface area contributed by atoms with E-state index in [-0.39, 0.29) is 0 Å². The quantitative estimate of drug-likeness (QED) is 0.463. The number of hydrogen-bond acceptors (Lipinski definition) is 5. The molecule has 1 aromatic rings. The van der Waals surface area contributed by atoms with Gasteiger partial charge < -0.3 is 18.9 Å². The van der Waals surface area contributed by atoms with E-state index in [1.807, 2.05) is 19.9 Å². The van der Waals surface area contributed by atoms with Gasteiger partial charge in [-0.15, -0.1) is 11.6 Å². The first-order valence-corrected chi connectivity index (χ1v) is 7.52. The minimum atomic E-state index is 0.392. The molecule has 0 saturated heterocycles. The lowest BCUT2D eigenvalue weighted by molar-refractivity contribution is 0.0176. The molecule has 0 aliphatic rings. The molecule has 0 bridgehead atoms. The van der Waals surface area contributed by atoms with Crippen molar-refractivity contribution in [2.24, 2.45) is 0 Å². The lowest BCUT2D eigenvalue weighted by atomic mass is 10.1.